The fourth-order valence-electron chi connectivity index (χ4n) is 6.72. The van der Waals surface area contributed by atoms with Crippen molar-refractivity contribution in [3.63, 3.8) is 0 Å². The summed E-state index contributed by atoms with van der Waals surface area (Å²) >= 11 is 1.86. The quantitative estimate of drug-likeness (QED) is 0.301. The largest absolute Gasteiger partial charge is 0.449 e. The lowest BCUT2D eigenvalue weighted by molar-refractivity contribution is -0.568. The molecule has 4 heterocycles. The maximum Gasteiger partial charge on any atom is 0.410 e. The van der Waals surface area contributed by atoms with Crippen molar-refractivity contribution < 1.29 is 28.8 Å². The second-order valence-corrected chi connectivity index (χ2v) is 12.8. The van der Waals surface area contributed by atoms with Gasteiger partial charge in [-0.2, -0.15) is 0 Å². The number of carbonyl (C=O) groups is 1. The molecule has 4 aliphatic heterocycles. The molecule has 0 aromatic heterocycles. The third-order valence-corrected chi connectivity index (χ3v) is 9.86. The highest BCUT2D eigenvalue weighted by molar-refractivity contribution is 7.99. The van der Waals surface area contributed by atoms with Crippen LogP contribution in [0.3, 0.4) is 0 Å². The van der Waals surface area contributed by atoms with Crippen molar-refractivity contribution in [3.8, 4) is 0 Å². The summed E-state index contributed by atoms with van der Waals surface area (Å²) in [6.07, 6.45) is 5.48. The van der Waals surface area contributed by atoms with Crippen LogP contribution in [0.2, 0.25) is 0 Å². The van der Waals surface area contributed by atoms with E-state index >= 15 is 0 Å². The van der Waals surface area contributed by atoms with Crippen LogP contribution >= 0.6 is 11.8 Å². The average Bonchev–Trinajstić information content (AvgIpc) is 2.99. The lowest BCUT2D eigenvalue weighted by Gasteiger charge is -2.60. The van der Waals surface area contributed by atoms with Crippen molar-refractivity contribution >= 4 is 17.9 Å². The van der Waals surface area contributed by atoms with Gasteiger partial charge in [0.05, 0.1) is 6.61 Å². The molecule has 1 aliphatic carbocycles. The summed E-state index contributed by atoms with van der Waals surface area (Å²) in [5.74, 6) is 1.94. The first kappa shape index (κ1) is 26.5. The highest BCUT2D eigenvalue weighted by Crippen LogP contribution is 2.61. The third-order valence-electron chi connectivity index (χ3n) is 8.47. The molecule has 0 radical (unpaired) electrons. The molecule has 5 rings (SSSR count). The van der Waals surface area contributed by atoms with E-state index in [1.807, 2.05) is 46.4 Å². The SMILES string of the molecule is CC(C)N(C(=O)OCCCCS[C@@H]1O[C@@H]2O[C@@]3(C)CC[C@H]4[C@H](C)CC[C@@H]([C@H]1C)[C@@]24OO3)C(C)C. The van der Waals surface area contributed by atoms with Crippen molar-refractivity contribution in [2.45, 2.75) is 122 Å². The molecule has 1 saturated carbocycles. The van der Waals surface area contributed by atoms with Crippen molar-refractivity contribution in [1.29, 1.82) is 0 Å². The maximum absolute atomic E-state index is 12.4. The molecule has 0 aromatic carbocycles. The normalized spacial score (nSPS) is 41.3. The fraction of sp³-hybridized carbons (Fsp3) is 0.962. The topological polar surface area (TPSA) is 66.5 Å². The Bertz CT molecular complexity index is 713. The maximum atomic E-state index is 12.4. The lowest BCUT2D eigenvalue weighted by Crippen LogP contribution is -2.70. The molecule has 0 unspecified atom stereocenters. The molecule has 34 heavy (non-hydrogen) atoms. The highest BCUT2D eigenvalue weighted by Gasteiger charge is 2.69. The molecule has 5 fully saturated rings. The zero-order chi connectivity index (χ0) is 24.7. The van der Waals surface area contributed by atoms with Crippen molar-refractivity contribution in [2.24, 2.45) is 23.7 Å². The molecule has 2 bridgehead atoms. The van der Waals surface area contributed by atoms with E-state index in [-0.39, 0.29) is 29.9 Å². The predicted octanol–water partition coefficient (Wildman–Crippen LogP) is 5.96. The molecular formula is C26H45NO6S. The molecule has 4 saturated heterocycles. The van der Waals surface area contributed by atoms with Crippen LogP contribution in [0.1, 0.15) is 87.0 Å². The molecule has 1 amide bonds. The summed E-state index contributed by atoms with van der Waals surface area (Å²) in [5.41, 5.74) is -0.419. The number of unbranched alkanes of at least 4 members (excludes halogenated alkanes) is 1. The number of nitrogens with zero attached hydrogens (tertiary/aromatic N) is 1. The van der Waals surface area contributed by atoms with Gasteiger partial charge in [-0.05, 0) is 90.2 Å². The number of rotatable bonds is 8. The smallest absolute Gasteiger partial charge is 0.410 e. The van der Waals surface area contributed by atoms with E-state index in [1.54, 1.807) is 4.90 Å². The van der Waals surface area contributed by atoms with E-state index in [9.17, 15) is 4.79 Å². The molecule has 8 atom stereocenters. The van der Waals surface area contributed by atoms with E-state index in [2.05, 4.69) is 13.8 Å². The second kappa shape index (κ2) is 10.4. The van der Waals surface area contributed by atoms with Crippen LogP contribution in [-0.4, -0.2) is 58.6 Å². The van der Waals surface area contributed by atoms with Crippen LogP contribution in [-0.2, 0) is 24.0 Å². The minimum absolute atomic E-state index is 0.0705. The van der Waals surface area contributed by atoms with Gasteiger partial charge in [-0.25, -0.2) is 14.6 Å². The number of hydrogen-bond acceptors (Lipinski definition) is 7. The summed E-state index contributed by atoms with van der Waals surface area (Å²) in [6, 6.07) is 0.272. The monoisotopic (exact) mass is 499 g/mol. The summed E-state index contributed by atoms with van der Waals surface area (Å²) < 4.78 is 18.6. The van der Waals surface area contributed by atoms with E-state index in [0.717, 1.165) is 37.9 Å². The zero-order valence-electron chi connectivity index (χ0n) is 22.1. The molecule has 196 valence electrons. The summed E-state index contributed by atoms with van der Waals surface area (Å²) in [7, 11) is 0. The summed E-state index contributed by atoms with van der Waals surface area (Å²) in [5, 5.41) is 0. The fourth-order valence-corrected chi connectivity index (χ4v) is 7.99. The Morgan fingerprint density at radius 3 is 2.50 bits per heavy atom. The van der Waals surface area contributed by atoms with E-state index in [1.165, 1.54) is 6.42 Å². The van der Waals surface area contributed by atoms with Gasteiger partial charge in [0.25, 0.3) is 0 Å². The first-order valence-electron chi connectivity index (χ1n) is 13.4. The first-order valence-corrected chi connectivity index (χ1v) is 14.4. The molecule has 1 spiro atoms. The minimum Gasteiger partial charge on any atom is -0.449 e. The molecule has 0 N–H and O–H groups in total. The first-order chi connectivity index (χ1) is 16.1. The van der Waals surface area contributed by atoms with Crippen LogP contribution in [0.25, 0.3) is 0 Å². The van der Waals surface area contributed by atoms with Gasteiger partial charge in [0, 0.05) is 24.4 Å². The van der Waals surface area contributed by atoms with Crippen LogP contribution in [0, 0.1) is 23.7 Å². The Kier molecular flexibility index (Phi) is 8.15. The van der Waals surface area contributed by atoms with Gasteiger partial charge in [-0.15, -0.1) is 11.8 Å². The second-order valence-electron chi connectivity index (χ2n) is 11.6. The third kappa shape index (κ3) is 4.86. The van der Waals surface area contributed by atoms with Gasteiger partial charge in [0.2, 0.25) is 5.79 Å². The lowest BCUT2D eigenvalue weighted by atomic mass is 9.58. The van der Waals surface area contributed by atoms with Crippen LogP contribution in [0.4, 0.5) is 4.79 Å². The van der Waals surface area contributed by atoms with E-state index in [4.69, 9.17) is 24.0 Å². The predicted molar refractivity (Wildman–Crippen MR) is 132 cm³/mol. The van der Waals surface area contributed by atoms with Gasteiger partial charge in [0.15, 0.2) is 11.9 Å². The van der Waals surface area contributed by atoms with Crippen LogP contribution in [0.15, 0.2) is 0 Å². The van der Waals surface area contributed by atoms with Crippen molar-refractivity contribution in [1.82, 2.24) is 4.90 Å². The molecule has 0 aromatic rings. The molecule has 7 nitrogen and oxygen atoms in total. The molecule has 8 heteroatoms. The van der Waals surface area contributed by atoms with Gasteiger partial charge in [0.1, 0.15) is 5.44 Å². The Morgan fingerprint density at radius 1 is 1.06 bits per heavy atom. The number of thioether (sulfide) groups is 1. The molecule has 5 aliphatic rings. The minimum atomic E-state index is -0.725. The summed E-state index contributed by atoms with van der Waals surface area (Å²) in [6.45, 7) is 15.1. The van der Waals surface area contributed by atoms with E-state index in [0.29, 0.717) is 30.3 Å². The average molecular weight is 500 g/mol. The Labute approximate surface area is 209 Å². The Balaban J connectivity index is 1.29. The number of hydrogen-bond donors (Lipinski definition) is 0. The van der Waals surface area contributed by atoms with E-state index < -0.39 is 11.4 Å². The van der Waals surface area contributed by atoms with Gasteiger partial charge >= 0.3 is 6.09 Å². The number of carbonyl (C=O) groups excluding carboxylic acids is 1. The Morgan fingerprint density at radius 2 is 1.79 bits per heavy atom. The van der Waals surface area contributed by atoms with Gasteiger partial charge < -0.3 is 19.1 Å². The van der Waals surface area contributed by atoms with Crippen molar-refractivity contribution in [2.75, 3.05) is 12.4 Å². The van der Waals surface area contributed by atoms with Crippen LogP contribution < -0.4 is 0 Å². The van der Waals surface area contributed by atoms with Crippen LogP contribution in [0.5, 0.6) is 0 Å². The number of ether oxygens (including phenoxy) is 3. The van der Waals surface area contributed by atoms with Gasteiger partial charge in [-0.1, -0.05) is 13.8 Å². The number of amides is 1. The van der Waals surface area contributed by atoms with Gasteiger partial charge in [-0.3, -0.25) is 0 Å². The number of fused-ring (bicyclic) bond motifs is 2. The standard InChI is InChI=1S/C26H45NO6S/c1-16(2)27(17(3)4)24(28)29-14-8-9-15-34-22-19(6)21-11-10-18(5)20-12-13-25(7)31-23(30-22)26(20,21)33-32-25/h16-23H,8-15H2,1-7H3/t18-,19-,20+,21+,22+,23-,25-,26-/m1/s1. The zero-order valence-corrected chi connectivity index (χ0v) is 22.9. The Hall–Kier alpha value is -0.540. The summed E-state index contributed by atoms with van der Waals surface area (Å²) in [4.78, 5) is 26.3. The molecular weight excluding hydrogens is 454 g/mol. The highest BCUT2D eigenvalue weighted by atomic mass is 32.2. The van der Waals surface area contributed by atoms with Crippen molar-refractivity contribution in [3.05, 3.63) is 0 Å².